The maximum absolute atomic E-state index is 7.09. The van der Waals surface area contributed by atoms with Crippen LogP contribution in [0.15, 0.2) is 0 Å². The standard InChI is InChI=1S/C6H13Br/c1-2-3-4-5-6-7/h2-6H2,1H3/i6D2. The lowest BCUT2D eigenvalue weighted by atomic mass is 10.2. The summed E-state index contributed by atoms with van der Waals surface area (Å²) in [6.07, 6.45) is 3.89. The summed E-state index contributed by atoms with van der Waals surface area (Å²) < 4.78 is 14.2. The second kappa shape index (κ2) is 6.48. The lowest BCUT2D eigenvalue weighted by molar-refractivity contribution is 0.708. The van der Waals surface area contributed by atoms with Crippen molar-refractivity contribution in [3.63, 3.8) is 0 Å². The van der Waals surface area contributed by atoms with E-state index < -0.39 is 5.28 Å². The molecule has 0 amide bonds. The molecule has 0 aliphatic rings. The van der Waals surface area contributed by atoms with Gasteiger partial charge in [-0.3, -0.25) is 0 Å². The van der Waals surface area contributed by atoms with Crippen LogP contribution in [0.25, 0.3) is 0 Å². The van der Waals surface area contributed by atoms with Gasteiger partial charge in [0, 0.05) is 8.02 Å². The number of rotatable bonds is 4. The van der Waals surface area contributed by atoms with Gasteiger partial charge in [0.15, 0.2) is 0 Å². The van der Waals surface area contributed by atoms with Crippen molar-refractivity contribution in [1.82, 2.24) is 0 Å². The molecule has 0 bridgehead atoms. The van der Waals surface area contributed by atoms with E-state index in [1.54, 1.807) is 0 Å². The first-order valence-corrected chi connectivity index (χ1v) is 3.54. The molecule has 0 unspecified atom stereocenters. The average molecular weight is 167 g/mol. The van der Waals surface area contributed by atoms with Gasteiger partial charge in [0.25, 0.3) is 0 Å². The van der Waals surface area contributed by atoms with E-state index in [9.17, 15) is 0 Å². The van der Waals surface area contributed by atoms with Crippen molar-refractivity contribution in [2.45, 2.75) is 32.6 Å². The molecule has 0 aliphatic heterocycles. The zero-order valence-corrected chi connectivity index (χ0v) is 6.29. The van der Waals surface area contributed by atoms with Crippen molar-refractivity contribution in [2.75, 3.05) is 5.28 Å². The van der Waals surface area contributed by atoms with Crippen molar-refractivity contribution in [2.24, 2.45) is 0 Å². The van der Waals surface area contributed by atoms with Gasteiger partial charge < -0.3 is 0 Å². The van der Waals surface area contributed by atoms with Crippen LogP contribution in [0, 0.1) is 0 Å². The maximum Gasteiger partial charge on any atom is 0.0387 e. The van der Waals surface area contributed by atoms with E-state index in [2.05, 4.69) is 22.9 Å². The fraction of sp³-hybridized carbons (Fsp3) is 1.00. The summed E-state index contributed by atoms with van der Waals surface area (Å²) in [4.78, 5) is 0. The normalized spacial score (nSPS) is 15.7. The summed E-state index contributed by atoms with van der Waals surface area (Å²) in [7, 11) is 0. The van der Waals surface area contributed by atoms with Crippen molar-refractivity contribution < 1.29 is 2.74 Å². The summed E-state index contributed by atoms with van der Waals surface area (Å²) in [6, 6.07) is 0. The van der Waals surface area contributed by atoms with Gasteiger partial charge in [0.2, 0.25) is 0 Å². The van der Waals surface area contributed by atoms with Crippen LogP contribution in [-0.2, 0) is 0 Å². The Morgan fingerprint density at radius 1 is 1.43 bits per heavy atom. The summed E-state index contributed by atoms with van der Waals surface area (Å²) >= 11 is 2.94. The Balaban J connectivity index is 3.07. The molecule has 44 valence electrons. The Labute approximate surface area is 57.2 Å². The minimum absolute atomic E-state index is 0.626. The zero-order chi connectivity index (χ0) is 7.33. The van der Waals surface area contributed by atoms with Crippen LogP contribution in [0.1, 0.15) is 35.3 Å². The molecule has 0 aromatic rings. The minimum atomic E-state index is -1.14. The van der Waals surface area contributed by atoms with E-state index >= 15 is 0 Å². The monoisotopic (exact) mass is 166 g/mol. The van der Waals surface area contributed by atoms with E-state index in [-0.39, 0.29) is 0 Å². The largest absolute Gasteiger partial charge is 0.0928 e. The molecule has 0 N–H and O–H groups in total. The first-order chi connectivity index (χ1) is 4.06. The molecule has 0 aromatic carbocycles. The Bertz CT molecular complexity index is 67.9. The molecule has 0 aliphatic carbocycles. The fourth-order valence-corrected chi connectivity index (χ4v) is 0.722. The second-order valence-electron chi connectivity index (χ2n) is 1.59. The molecular weight excluding hydrogens is 152 g/mol. The quantitative estimate of drug-likeness (QED) is 0.446. The molecule has 1 heteroatoms. The molecule has 0 saturated heterocycles. The lowest BCUT2D eigenvalue weighted by Crippen LogP contribution is -1.73. The minimum Gasteiger partial charge on any atom is -0.0928 e. The Morgan fingerprint density at radius 3 is 2.57 bits per heavy atom. The first-order valence-electron chi connectivity index (χ1n) is 3.75. The van der Waals surface area contributed by atoms with Gasteiger partial charge >= 0.3 is 0 Å². The molecule has 0 radical (unpaired) electrons. The number of alkyl halides is 1. The predicted molar refractivity (Wildman–Crippen MR) is 37.9 cm³/mol. The zero-order valence-electron chi connectivity index (χ0n) is 6.71. The van der Waals surface area contributed by atoms with E-state index in [0.29, 0.717) is 6.42 Å². The van der Waals surface area contributed by atoms with E-state index in [4.69, 9.17) is 2.74 Å². The number of halogens is 1. The summed E-state index contributed by atoms with van der Waals surface area (Å²) in [5.74, 6) is 0. The molecule has 0 spiro atoms. The van der Waals surface area contributed by atoms with Crippen LogP contribution < -0.4 is 0 Å². The van der Waals surface area contributed by atoms with Crippen LogP contribution in [0.4, 0.5) is 0 Å². The molecule has 0 heterocycles. The summed E-state index contributed by atoms with van der Waals surface area (Å²) in [5, 5.41) is -1.14. The van der Waals surface area contributed by atoms with E-state index in [1.807, 2.05) is 0 Å². The third-order valence-electron chi connectivity index (χ3n) is 0.875. The van der Waals surface area contributed by atoms with Gasteiger partial charge in [-0.15, -0.1) is 0 Å². The van der Waals surface area contributed by atoms with Crippen LogP contribution in [0.3, 0.4) is 0 Å². The third-order valence-corrected chi connectivity index (χ3v) is 1.27. The molecular formula is C6H13Br. The van der Waals surface area contributed by atoms with Crippen LogP contribution in [-0.4, -0.2) is 5.28 Å². The molecule has 0 rings (SSSR count). The van der Waals surface area contributed by atoms with E-state index in [1.165, 1.54) is 0 Å². The highest BCUT2D eigenvalue weighted by Gasteiger charge is 1.81. The summed E-state index contributed by atoms with van der Waals surface area (Å²) in [5.41, 5.74) is 0. The Morgan fingerprint density at radius 2 is 2.14 bits per heavy atom. The molecule has 0 aromatic heterocycles. The molecule has 0 nitrogen and oxygen atoms in total. The van der Waals surface area contributed by atoms with Crippen LogP contribution >= 0.6 is 15.9 Å². The summed E-state index contributed by atoms with van der Waals surface area (Å²) in [6.45, 7) is 2.11. The smallest absolute Gasteiger partial charge is 0.0387 e. The molecule has 7 heavy (non-hydrogen) atoms. The highest BCUT2D eigenvalue weighted by molar-refractivity contribution is 9.09. The average Bonchev–Trinajstić information content (AvgIpc) is 1.63. The highest BCUT2D eigenvalue weighted by atomic mass is 79.9. The highest BCUT2D eigenvalue weighted by Crippen LogP contribution is 1.99. The topological polar surface area (TPSA) is 0 Å². The van der Waals surface area contributed by atoms with Crippen LogP contribution in [0.5, 0.6) is 0 Å². The maximum atomic E-state index is 7.09. The number of unbranched alkanes of at least 4 members (excludes halogenated alkanes) is 2. The Kier molecular flexibility index (Phi) is 4.04. The van der Waals surface area contributed by atoms with Gasteiger partial charge in [0.05, 0.1) is 0 Å². The third kappa shape index (κ3) is 6.48. The van der Waals surface area contributed by atoms with Crippen LogP contribution in [0.2, 0.25) is 0 Å². The van der Waals surface area contributed by atoms with E-state index in [0.717, 1.165) is 19.3 Å². The van der Waals surface area contributed by atoms with Gasteiger partial charge in [0.1, 0.15) is 0 Å². The predicted octanol–water partition coefficient (Wildman–Crippen LogP) is 2.96. The SMILES string of the molecule is [2H]C([2H])(Br)CCCCC. The van der Waals surface area contributed by atoms with Gasteiger partial charge in [-0.1, -0.05) is 42.1 Å². The fourth-order valence-electron chi connectivity index (χ4n) is 0.442. The number of hydrogen-bond acceptors (Lipinski definition) is 0. The second-order valence-corrected chi connectivity index (χ2v) is 2.15. The van der Waals surface area contributed by atoms with Gasteiger partial charge in [-0.2, -0.15) is 0 Å². The van der Waals surface area contributed by atoms with Gasteiger partial charge in [-0.25, -0.2) is 0 Å². The Hall–Kier alpha value is 0.480. The molecule has 0 saturated carbocycles. The van der Waals surface area contributed by atoms with Crippen molar-refractivity contribution in [1.29, 1.82) is 0 Å². The van der Waals surface area contributed by atoms with Crippen molar-refractivity contribution >= 4 is 15.9 Å². The first kappa shape index (κ1) is 4.37. The van der Waals surface area contributed by atoms with Crippen molar-refractivity contribution in [3.8, 4) is 0 Å². The lowest BCUT2D eigenvalue weighted by Gasteiger charge is -1.89. The van der Waals surface area contributed by atoms with Crippen molar-refractivity contribution in [3.05, 3.63) is 0 Å². The number of hydrogen-bond donors (Lipinski definition) is 0. The molecule has 0 fully saturated rings. The van der Waals surface area contributed by atoms with Gasteiger partial charge in [-0.05, 0) is 6.42 Å². The molecule has 0 atom stereocenters.